The number of aryl methyl sites for hydroxylation is 1. The number of amides is 1. The fraction of sp³-hybridized carbons (Fsp3) is 0.367. The van der Waals surface area contributed by atoms with E-state index in [1.807, 2.05) is 25.7 Å². The molecule has 2 aliphatic heterocycles. The van der Waals surface area contributed by atoms with Crippen LogP contribution in [-0.2, 0) is 6.61 Å². The van der Waals surface area contributed by atoms with Gasteiger partial charge in [-0.3, -0.25) is 9.11 Å². The molecule has 5 rings (SSSR count). The minimum absolute atomic E-state index is 0.00954. The second-order valence-corrected chi connectivity index (χ2v) is 13.5. The highest BCUT2D eigenvalue weighted by Gasteiger charge is 2.43. The normalized spacial score (nSPS) is 20.4. The van der Waals surface area contributed by atoms with E-state index in [4.69, 9.17) is 22.3 Å². The van der Waals surface area contributed by atoms with E-state index in [0.717, 1.165) is 0 Å². The van der Waals surface area contributed by atoms with Crippen LogP contribution in [0.2, 0.25) is 5.02 Å². The summed E-state index contributed by atoms with van der Waals surface area (Å²) in [6, 6.07) is 8.49. The van der Waals surface area contributed by atoms with Gasteiger partial charge in [0.05, 0.1) is 34.1 Å². The molecule has 44 heavy (non-hydrogen) atoms. The molecule has 14 heteroatoms. The number of amidine groups is 1. The van der Waals surface area contributed by atoms with Gasteiger partial charge in [0, 0.05) is 30.9 Å². The number of hydrogen-bond acceptors (Lipinski definition) is 9. The van der Waals surface area contributed by atoms with Gasteiger partial charge in [0.25, 0.3) is 0 Å². The third kappa shape index (κ3) is 5.43. The molecule has 3 aromatic rings. The lowest BCUT2D eigenvalue weighted by molar-refractivity contribution is 0.0750. The van der Waals surface area contributed by atoms with Crippen LogP contribution in [0.3, 0.4) is 0 Å². The Hall–Kier alpha value is -3.62. The van der Waals surface area contributed by atoms with E-state index in [0.29, 0.717) is 27.9 Å². The van der Waals surface area contributed by atoms with Crippen LogP contribution in [0.4, 0.5) is 26.4 Å². The number of hydrogen-bond donors (Lipinski definition) is 5. The molecule has 2 aliphatic rings. The van der Waals surface area contributed by atoms with E-state index < -0.39 is 35.0 Å². The molecule has 3 heterocycles. The molecular weight excluding hydrogens is 611 g/mol. The fourth-order valence-electron chi connectivity index (χ4n) is 5.90. The van der Waals surface area contributed by atoms with Crippen LogP contribution in [-0.4, -0.2) is 71.2 Å². The maximum atomic E-state index is 15.2. The molecule has 1 saturated heterocycles. The molecule has 1 fully saturated rings. The number of aliphatic hydroxyl groups is 1. The second kappa shape index (κ2) is 11.7. The maximum absolute atomic E-state index is 15.2. The number of aliphatic hydroxyl groups excluding tert-OH is 1. The molecule has 2 atom stereocenters. The van der Waals surface area contributed by atoms with Crippen molar-refractivity contribution < 1.29 is 28.5 Å². The molecule has 0 spiro atoms. The number of carboxylic acid groups (broad SMARTS) is 1. The molecule has 0 radical (unpaired) electrons. The van der Waals surface area contributed by atoms with Crippen molar-refractivity contribution in [1.29, 1.82) is 0 Å². The number of aromatic nitrogens is 1. The topological polar surface area (TPSA) is 159 Å². The van der Waals surface area contributed by atoms with Gasteiger partial charge in [-0.25, -0.2) is 18.5 Å². The molecule has 0 bridgehead atoms. The number of nitrogens with zero attached hydrogens (tertiary/aromatic N) is 5. The van der Waals surface area contributed by atoms with Gasteiger partial charge in [0.15, 0.2) is 11.7 Å². The molecule has 0 saturated carbocycles. The molecule has 236 valence electrons. The summed E-state index contributed by atoms with van der Waals surface area (Å²) in [5.41, 5.74) is 9.02. The Labute approximate surface area is 262 Å². The average Bonchev–Trinajstić information content (AvgIpc) is 2.94. The van der Waals surface area contributed by atoms with Crippen LogP contribution < -0.4 is 10.0 Å². The molecule has 11 nitrogen and oxygen atoms in total. The quantitative estimate of drug-likeness (QED) is 0.197. The predicted molar refractivity (Wildman–Crippen MR) is 172 cm³/mol. The number of carbonyl (C=O) groups is 1. The number of anilines is 3. The van der Waals surface area contributed by atoms with Crippen molar-refractivity contribution in [3.63, 3.8) is 0 Å². The lowest BCUT2D eigenvalue weighted by Crippen LogP contribution is -2.59. The molecule has 1 amide bonds. The molecule has 0 unspecified atom stereocenters. The lowest BCUT2D eigenvalue weighted by Gasteiger charge is -2.49. The summed E-state index contributed by atoms with van der Waals surface area (Å²) in [6.45, 7) is 9.40. The van der Waals surface area contributed by atoms with Crippen LogP contribution in [0.25, 0.3) is 11.3 Å². The minimum atomic E-state index is -4.03. The van der Waals surface area contributed by atoms with Crippen molar-refractivity contribution in [2.45, 2.75) is 59.2 Å². The van der Waals surface area contributed by atoms with Gasteiger partial charge in [-0.1, -0.05) is 43.6 Å². The zero-order chi connectivity index (χ0) is 32.2. The third-order valence-corrected chi connectivity index (χ3v) is 9.58. The first-order chi connectivity index (χ1) is 20.7. The van der Waals surface area contributed by atoms with E-state index in [-0.39, 0.29) is 59.2 Å². The van der Waals surface area contributed by atoms with Crippen molar-refractivity contribution in [3.05, 3.63) is 69.5 Å². The Morgan fingerprint density at radius 2 is 1.89 bits per heavy atom. The molecule has 0 aliphatic carbocycles. The molecular formula is C30H36ClFN6O5S. The Morgan fingerprint density at radius 3 is 2.50 bits per heavy atom. The van der Waals surface area contributed by atoms with Gasteiger partial charge in [-0.05, 0) is 72.5 Å². The fourth-order valence-corrected chi connectivity index (χ4v) is 7.53. The summed E-state index contributed by atoms with van der Waals surface area (Å²) >= 11 is 6.78. The van der Waals surface area contributed by atoms with Gasteiger partial charge >= 0.3 is 6.09 Å². The third-order valence-electron chi connectivity index (χ3n) is 8.03. The molecule has 1 aromatic heterocycles. The standard InChI is InChI=1S/C30H36ClFN6O5S/c1-15(2)20-10-19(14-39)9-16(3)27(20)38-28-21(11-22(31)26(34-28)25-23(32)7-6-8-24(25)33)29(35-44(38,42)43)36-12-18(5)37(30(40)41)13-17(36)4/h6-11,15,17-18,39,42-43H,12-14,33H2,1-5H3,(H,40,41)/t17-,18+/m0/s1. The smallest absolute Gasteiger partial charge is 0.407 e. The summed E-state index contributed by atoms with van der Waals surface area (Å²) in [6.07, 6.45) is -1.05. The zero-order valence-electron chi connectivity index (χ0n) is 25.0. The number of piperazine rings is 1. The SMILES string of the molecule is Cc1cc(CO)cc(C(C)C)c1N1c2nc(-c3c(N)cccc3F)c(Cl)cc2C(N2C[C@@H](C)N(C(=O)O)C[C@@H]2C)=NS1(O)O. The average molecular weight is 647 g/mol. The maximum Gasteiger partial charge on any atom is 0.407 e. The highest BCUT2D eigenvalue weighted by molar-refractivity contribution is 8.24. The van der Waals surface area contributed by atoms with Gasteiger partial charge in [-0.15, -0.1) is 4.40 Å². The van der Waals surface area contributed by atoms with Gasteiger partial charge in [0.2, 0.25) is 0 Å². The van der Waals surface area contributed by atoms with Crippen molar-refractivity contribution in [3.8, 4) is 11.3 Å². The van der Waals surface area contributed by atoms with Crippen molar-refractivity contribution in [1.82, 2.24) is 14.8 Å². The van der Waals surface area contributed by atoms with Gasteiger partial charge in [-0.2, -0.15) is 0 Å². The summed E-state index contributed by atoms with van der Waals surface area (Å²) < 4.78 is 44.7. The van der Waals surface area contributed by atoms with Gasteiger partial charge < -0.3 is 25.7 Å². The first kappa shape index (κ1) is 31.8. The molecule has 2 aromatic carbocycles. The van der Waals surface area contributed by atoms with Crippen LogP contribution in [0.5, 0.6) is 0 Å². The Morgan fingerprint density at radius 1 is 1.18 bits per heavy atom. The predicted octanol–water partition coefficient (Wildman–Crippen LogP) is 6.60. The minimum Gasteiger partial charge on any atom is -0.465 e. The summed E-state index contributed by atoms with van der Waals surface area (Å²) in [5, 5.41) is 19.7. The zero-order valence-corrected chi connectivity index (χ0v) is 26.6. The van der Waals surface area contributed by atoms with E-state index in [9.17, 15) is 24.1 Å². The van der Waals surface area contributed by atoms with Crippen molar-refractivity contribution in [2.24, 2.45) is 4.40 Å². The van der Waals surface area contributed by atoms with Crippen LogP contribution in [0, 0.1) is 12.7 Å². The number of rotatable bonds is 4. The van der Waals surface area contributed by atoms with Crippen LogP contribution >= 0.6 is 22.6 Å². The Kier molecular flexibility index (Phi) is 8.46. The van der Waals surface area contributed by atoms with E-state index >= 15 is 4.39 Å². The van der Waals surface area contributed by atoms with Crippen LogP contribution in [0.15, 0.2) is 40.8 Å². The summed E-state index contributed by atoms with van der Waals surface area (Å²) in [4.78, 5) is 19.8. The number of pyridine rings is 1. The van der Waals surface area contributed by atoms with E-state index in [1.165, 1.54) is 27.4 Å². The second-order valence-electron chi connectivity index (χ2n) is 11.5. The summed E-state index contributed by atoms with van der Waals surface area (Å²) in [5.74, 6) is -0.517. The largest absolute Gasteiger partial charge is 0.465 e. The number of fused-ring (bicyclic) bond motifs is 1. The number of benzene rings is 2. The van der Waals surface area contributed by atoms with E-state index in [1.54, 1.807) is 32.0 Å². The summed E-state index contributed by atoms with van der Waals surface area (Å²) in [7, 11) is -4.03. The Bertz CT molecular complexity index is 1650. The number of halogens is 2. The Balaban J connectivity index is 1.81. The molecule has 6 N–H and O–H groups in total. The first-order valence-electron chi connectivity index (χ1n) is 14.1. The number of nitrogen functional groups attached to an aromatic ring is 1. The van der Waals surface area contributed by atoms with Crippen LogP contribution in [0.1, 0.15) is 55.9 Å². The lowest BCUT2D eigenvalue weighted by atomic mass is 9.95. The number of nitrogens with two attached hydrogens (primary N) is 1. The first-order valence-corrected chi connectivity index (χ1v) is 15.9. The van der Waals surface area contributed by atoms with Crippen molar-refractivity contribution >= 4 is 51.7 Å². The highest BCUT2D eigenvalue weighted by atomic mass is 35.5. The van der Waals surface area contributed by atoms with Crippen molar-refractivity contribution in [2.75, 3.05) is 23.1 Å². The monoisotopic (exact) mass is 646 g/mol. The van der Waals surface area contributed by atoms with Gasteiger partial charge in [0.1, 0.15) is 5.82 Å². The highest BCUT2D eigenvalue weighted by Crippen LogP contribution is 2.59. The van der Waals surface area contributed by atoms with E-state index in [2.05, 4.69) is 4.40 Å².